The van der Waals surface area contributed by atoms with E-state index >= 15 is 0 Å². The van der Waals surface area contributed by atoms with Gasteiger partial charge in [-0.25, -0.2) is 4.98 Å². The number of hydrogen-bond acceptors (Lipinski definition) is 3. The third kappa shape index (κ3) is 4.04. The van der Waals surface area contributed by atoms with Gasteiger partial charge in [-0.15, -0.1) is 0 Å². The molecule has 2 aromatic rings. The Morgan fingerprint density at radius 3 is 2.42 bits per heavy atom. The Morgan fingerprint density at radius 1 is 1.08 bits per heavy atom. The van der Waals surface area contributed by atoms with Gasteiger partial charge in [0.15, 0.2) is 6.61 Å². The second-order valence-corrected chi connectivity index (χ2v) is 6.23. The van der Waals surface area contributed by atoms with Crippen LogP contribution in [0.15, 0.2) is 42.6 Å². The minimum atomic E-state index is 0.0471. The number of benzene rings is 1. The predicted octanol–water partition coefficient (Wildman–Crippen LogP) is 1.85. The highest BCUT2D eigenvalue weighted by molar-refractivity contribution is 5.78. The molecule has 3 rings (SSSR count). The minimum Gasteiger partial charge on any atom is -0.484 e. The smallest absolute Gasteiger partial charge is 0.274 e. The van der Waals surface area contributed by atoms with Crippen LogP contribution in [0.3, 0.4) is 0 Å². The molecule has 1 amide bonds. The van der Waals surface area contributed by atoms with Gasteiger partial charge in [0.1, 0.15) is 18.8 Å². The summed E-state index contributed by atoms with van der Waals surface area (Å²) in [5.74, 6) is 1.90. The number of amides is 1. The van der Waals surface area contributed by atoms with Crippen LogP contribution in [0.2, 0.25) is 0 Å². The number of anilines is 1. The zero-order valence-corrected chi connectivity index (χ0v) is 14.3. The summed E-state index contributed by atoms with van der Waals surface area (Å²) in [4.78, 5) is 19.7. The minimum absolute atomic E-state index is 0.0471. The van der Waals surface area contributed by atoms with Gasteiger partial charge in [0.2, 0.25) is 0 Å². The molecule has 24 heavy (non-hydrogen) atoms. The number of pyridine rings is 1. The predicted molar refractivity (Wildman–Crippen MR) is 93.2 cm³/mol. The molecule has 0 bridgehead atoms. The number of piperazine rings is 1. The average molecular weight is 326 g/mol. The van der Waals surface area contributed by atoms with Crippen molar-refractivity contribution in [1.29, 1.82) is 0 Å². The zero-order valence-electron chi connectivity index (χ0n) is 14.3. The van der Waals surface area contributed by atoms with Crippen LogP contribution in [0.1, 0.15) is 11.1 Å². The number of nitrogens with one attached hydrogen (secondary N) is 1. The molecule has 0 saturated carbocycles. The molecule has 1 N–H and O–H groups in total. The van der Waals surface area contributed by atoms with Gasteiger partial charge in [-0.2, -0.15) is 0 Å². The highest BCUT2D eigenvalue weighted by atomic mass is 16.5. The highest BCUT2D eigenvalue weighted by Crippen LogP contribution is 2.16. The maximum Gasteiger partial charge on any atom is 0.274 e. The molecule has 1 aliphatic heterocycles. The average Bonchev–Trinajstić information content (AvgIpc) is 2.60. The summed E-state index contributed by atoms with van der Waals surface area (Å²) in [6.45, 7) is 7.25. The van der Waals surface area contributed by atoms with Crippen LogP contribution in [0.4, 0.5) is 5.82 Å². The van der Waals surface area contributed by atoms with Crippen molar-refractivity contribution < 1.29 is 14.5 Å². The molecule has 5 nitrogen and oxygen atoms in total. The molecule has 1 aromatic carbocycles. The van der Waals surface area contributed by atoms with E-state index in [2.05, 4.69) is 22.0 Å². The van der Waals surface area contributed by atoms with Gasteiger partial charge in [0.05, 0.1) is 19.3 Å². The van der Waals surface area contributed by atoms with Crippen LogP contribution in [0, 0.1) is 13.8 Å². The molecule has 0 unspecified atom stereocenters. The lowest BCUT2D eigenvalue weighted by molar-refractivity contribution is -0.364. The lowest BCUT2D eigenvalue weighted by atomic mass is 10.1. The number of H-pyrrole nitrogens is 1. The fraction of sp³-hybridized carbons (Fsp3) is 0.368. The van der Waals surface area contributed by atoms with Gasteiger partial charge in [-0.1, -0.05) is 12.1 Å². The first-order chi connectivity index (χ1) is 11.6. The van der Waals surface area contributed by atoms with Crippen molar-refractivity contribution in [3.05, 3.63) is 53.7 Å². The van der Waals surface area contributed by atoms with Crippen LogP contribution in [0.5, 0.6) is 5.75 Å². The van der Waals surface area contributed by atoms with E-state index in [0.29, 0.717) is 0 Å². The number of hydrogen-bond donors (Lipinski definition) is 0. The summed E-state index contributed by atoms with van der Waals surface area (Å²) >= 11 is 0. The second-order valence-electron chi connectivity index (χ2n) is 6.23. The Kier molecular flexibility index (Phi) is 4.99. The summed E-state index contributed by atoms with van der Waals surface area (Å²) < 4.78 is 5.68. The Labute approximate surface area is 142 Å². The van der Waals surface area contributed by atoms with Crippen molar-refractivity contribution in [1.82, 2.24) is 4.90 Å². The van der Waals surface area contributed by atoms with Crippen LogP contribution >= 0.6 is 0 Å². The standard InChI is InChI=1S/C19H23N3O2/c1-15-11-16(2)13-17(12-15)24-14-19(23)22-9-7-21(8-10-22)18-5-3-4-6-20-18/h3-6,11-13H,7-10,14H2,1-2H3/p+1. The molecule has 2 heterocycles. The summed E-state index contributed by atoms with van der Waals surface area (Å²) in [6.07, 6.45) is 1.92. The van der Waals surface area contributed by atoms with E-state index in [1.807, 2.05) is 49.2 Å². The Morgan fingerprint density at radius 2 is 1.79 bits per heavy atom. The first kappa shape index (κ1) is 16.3. The normalized spacial score (nSPS) is 14.6. The Hall–Kier alpha value is -2.56. The van der Waals surface area contributed by atoms with Crippen LogP contribution < -0.4 is 14.6 Å². The zero-order chi connectivity index (χ0) is 16.9. The maximum atomic E-state index is 12.4. The van der Waals surface area contributed by atoms with Crippen molar-refractivity contribution in [2.75, 3.05) is 37.7 Å². The van der Waals surface area contributed by atoms with Gasteiger partial charge in [-0.05, 0) is 43.2 Å². The van der Waals surface area contributed by atoms with E-state index < -0.39 is 0 Å². The van der Waals surface area contributed by atoms with Crippen molar-refractivity contribution in [3.8, 4) is 5.75 Å². The monoisotopic (exact) mass is 326 g/mol. The molecule has 1 fully saturated rings. The van der Waals surface area contributed by atoms with E-state index in [1.165, 1.54) is 0 Å². The Bertz CT molecular complexity index is 675. The molecular weight excluding hydrogens is 302 g/mol. The first-order valence-electron chi connectivity index (χ1n) is 8.32. The molecule has 1 aromatic heterocycles. The van der Waals surface area contributed by atoms with Crippen molar-refractivity contribution >= 4 is 11.7 Å². The van der Waals surface area contributed by atoms with Crippen molar-refractivity contribution in [3.63, 3.8) is 0 Å². The first-order valence-corrected chi connectivity index (χ1v) is 8.32. The third-order valence-corrected chi connectivity index (χ3v) is 4.22. The quantitative estimate of drug-likeness (QED) is 0.861. The van der Waals surface area contributed by atoms with Gasteiger partial charge in [-0.3, -0.25) is 9.69 Å². The summed E-state index contributed by atoms with van der Waals surface area (Å²) in [5.41, 5.74) is 2.29. The van der Waals surface area contributed by atoms with Gasteiger partial charge in [0, 0.05) is 6.07 Å². The SMILES string of the molecule is Cc1cc(C)cc(OCC(=O)N2CCN(c3cccc[nH+]3)CC2)c1. The number of carbonyl (C=O) groups excluding carboxylic acids is 1. The summed E-state index contributed by atoms with van der Waals surface area (Å²) in [5, 5.41) is 0. The van der Waals surface area contributed by atoms with Crippen molar-refractivity contribution in [2.24, 2.45) is 0 Å². The largest absolute Gasteiger partial charge is 0.484 e. The third-order valence-electron chi connectivity index (χ3n) is 4.22. The molecule has 0 atom stereocenters. The number of aromatic amines is 1. The number of ether oxygens (including phenoxy) is 1. The lowest BCUT2D eigenvalue weighted by Gasteiger charge is -2.30. The second kappa shape index (κ2) is 7.34. The number of nitrogens with zero attached hydrogens (tertiary/aromatic N) is 2. The number of aromatic nitrogens is 1. The van der Waals surface area contributed by atoms with Gasteiger partial charge >= 0.3 is 0 Å². The fourth-order valence-corrected chi connectivity index (χ4v) is 3.03. The molecule has 5 heteroatoms. The van der Waals surface area contributed by atoms with E-state index in [-0.39, 0.29) is 12.5 Å². The van der Waals surface area contributed by atoms with Crippen LogP contribution in [-0.2, 0) is 4.79 Å². The summed E-state index contributed by atoms with van der Waals surface area (Å²) in [6, 6.07) is 12.1. The topological polar surface area (TPSA) is 46.9 Å². The molecule has 1 saturated heterocycles. The number of carbonyl (C=O) groups is 1. The van der Waals surface area contributed by atoms with E-state index in [1.54, 1.807) is 0 Å². The molecule has 0 spiro atoms. The van der Waals surface area contributed by atoms with E-state index in [4.69, 9.17) is 4.74 Å². The molecule has 0 radical (unpaired) electrons. The Balaban J connectivity index is 1.50. The van der Waals surface area contributed by atoms with E-state index in [0.717, 1.165) is 48.9 Å². The summed E-state index contributed by atoms with van der Waals surface area (Å²) in [7, 11) is 0. The lowest BCUT2D eigenvalue weighted by Crippen LogP contribution is -2.51. The highest BCUT2D eigenvalue weighted by Gasteiger charge is 2.26. The van der Waals surface area contributed by atoms with Crippen molar-refractivity contribution in [2.45, 2.75) is 13.8 Å². The van der Waals surface area contributed by atoms with Crippen LogP contribution in [0.25, 0.3) is 0 Å². The van der Waals surface area contributed by atoms with Gasteiger partial charge < -0.3 is 9.64 Å². The van der Waals surface area contributed by atoms with E-state index in [9.17, 15) is 4.79 Å². The molecule has 1 aliphatic rings. The molecular formula is C19H24N3O2+. The molecule has 0 aliphatic carbocycles. The molecule has 126 valence electrons. The number of rotatable bonds is 4. The maximum absolute atomic E-state index is 12.4. The number of aryl methyl sites for hydroxylation is 2. The fourth-order valence-electron chi connectivity index (χ4n) is 3.03. The van der Waals surface area contributed by atoms with Gasteiger partial charge in [0.25, 0.3) is 11.7 Å². The van der Waals surface area contributed by atoms with Crippen LogP contribution in [-0.4, -0.2) is 43.6 Å².